The normalized spacial score (nSPS) is 14.5. The maximum atomic E-state index is 2.56. The summed E-state index contributed by atoms with van der Waals surface area (Å²) in [6, 6.07) is 25.2. The van der Waals surface area contributed by atoms with Crippen LogP contribution in [0.15, 0.2) is 72.9 Å². The summed E-state index contributed by atoms with van der Waals surface area (Å²) in [6.45, 7) is 7.42. The molecule has 32 heavy (non-hydrogen) atoms. The van der Waals surface area contributed by atoms with E-state index in [1.807, 2.05) is 11.3 Å². The Hall–Kier alpha value is -3.01. The van der Waals surface area contributed by atoms with Crippen LogP contribution in [0.5, 0.6) is 0 Å². The van der Waals surface area contributed by atoms with Gasteiger partial charge in [0.15, 0.2) is 6.20 Å². The molecule has 1 aliphatic rings. The molecule has 0 amide bonds. The van der Waals surface area contributed by atoms with Crippen LogP contribution < -0.4 is 14.9 Å². The van der Waals surface area contributed by atoms with E-state index in [0.717, 1.165) is 0 Å². The molecule has 0 spiro atoms. The smallest absolute Gasteiger partial charge is 0.200 e. The van der Waals surface area contributed by atoms with Crippen molar-refractivity contribution in [2.24, 2.45) is 7.05 Å². The van der Waals surface area contributed by atoms with Gasteiger partial charge in [0.2, 0.25) is 5.69 Å². The van der Waals surface area contributed by atoms with Gasteiger partial charge in [-0.1, -0.05) is 67.7 Å². The van der Waals surface area contributed by atoms with Crippen molar-refractivity contribution in [3.05, 3.63) is 78.5 Å². The van der Waals surface area contributed by atoms with Gasteiger partial charge in [0.25, 0.3) is 0 Å². The molecule has 154 valence electrons. The number of pyridine rings is 1. The van der Waals surface area contributed by atoms with Crippen LogP contribution in [-0.4, -0.2) is 8.07 Å². The number of hydrogen-bond donors (Lipinski definition) is 0. The highest BCUT2D eigenvalue weighted by Gasteiger charge is 2.41. The fraction of sp³-hybridized carbons (Fsp3) is 0.138. The Morgan fingerprint density at radius 3 is 2.38 bits per heavy atom. The van der Waals surface area contributed by atoms with E-state index in [0.29, 0.717) is 0 Å². The van der Waals surface area contributed by atoms with Gasteiger partial charge in [0.1, 0.15) is 15.1 Å². The lowest BCUT2D eigenvalue weighted by Gasteiger charge is -2.33. The molecule has 3 heterocycles. The van der Waals surface area contributed by atoms with Crippen LogP contribution in [-0.2, 0) is 7.05 Å². The van der Waals surface area contributed by atoms with Crippen molar-refractivity contribution in [3.63, 3.8) is 0 Å². The second-order valence-corrected chi connectivity index (χ2v) is 15.1. The van der Waals surface area contributed by atoms with Crippen LogP contribution in [0, 0.1) is 6.92 Å². The molecule has 0 bridgehead atoms. The summed E-state index contributed by atoms with van der Waals surface area (Å²) in [4.78, 5) is 0. The van der Waals surface area contributed by atoms with Crippen molar-refractivity contribution in [2.45, 2.75) is 20.0 Å². The zero-order chi connectivity index (χ0) is 21.8. The molecule has 0 unspecified atom stereocenters. The van der Waals surface area contributed by atoms with Gasteiger partial charge in [-0.25, -0.2) is 4.57 Å². The Morgan fingerprint density at radius 1 is 0.781 bits per heavy atom. The fourth-order valence-electron chi connectivity index (χ4n) is 6.00. The first-order chi connectivity index (χ1) is 15.5. The largest absolute Gasteiger partial charge is 0.220 e. The first-order valence-corrected chi connectivity index (χ1v) is 15.1. The summed E-state index contributed by atoms with van der Waals surface area (Å²) in [5, 5.41) is 11.6. The molecule has 4 aromatic carbocycles. The van der Waals surface area contributed by atoms with Crippen LogP contribution >= 0.6 is 11.3 Å². The van der Waals surface area contributed by atoms with Crippen LogP contribution in [0.3, 0.4) is 0 Å². The third kappa shape index (κ3) is 2.15. The van der Waals surface area contributed by atoms with E-state index in [2.05, 4.69) is 105 Å². The molecule has 0 aliphatic carbocycles. The minimum absolute atomic E-state index is 1.37. The van der Waals surface area contributed by atoms with Gasteiger partial charge in [-0.3, -0.25) is 0 Å². The SMILES string of the molecule is Cc1c2c(cc3ccccc13)[Si](C)(C)c1cc3c4ccccc4sc3c3cc[n+](C)c-2c13. The predicted octanol–water partition coefficient (Wildman–Crippen LogP) is 6.30. The van der Waals surface area contributed by atoms with E-state index in [4.69, 9.17) is 0 Å². The molecule has 7 rings (SSSR count). The molecule has 1 aliphatic heterocycles. The van der Waals surface area contributed by atoms with E-state index in [9.17, 15) is 0 Å². The number of aromatic nitrogens is 1. The van der Waals surface area contributed by atoms with Crippen LogP contribution in [0.25, 0.3) is 53.0 Å². The van der Waals surface area contributed by atoms with Crippen molar-refractivity contribution in [1.29, 1.82) is 0 Å². The molecule has 0 saturated heterocycles. The number of aryl methyl sites for hydroxylation is 2. The minimum atomic E-state index is -1.92. The Labute approximate surface area is 192 Å². The van der Waals surface area contributed by atoms with Gasteiger partial charge in [-0.05, 0) is 39.7 Å². The quantitative estimate of drug-likeness (QED) is 0.190. The van der Waals surface area contributed by atoms with E-state index in [1.54, 1.807) is 10.4 Å². The average molecular weight is 447 g/mol. The monoisotopic (exact) mass is 446 g/mol. The second-order valence-electron chi connectivity index (χ2n) is 9.73. The lowest BCUT2D eigenvalue weighted by molar-refractivity contribution is -0.659. The molecule has 1 nitrogen and oxygen atoms in total. The zero-order valence-corrected chi connectivity index (χ0v) is 20.6. The maximum absolute atomic E-state index is 2.56. The topological polar surface area (TPSA) is 3.88 Å². The zero-order valence-electron chi connectivity index (χ0n) is 18.8. The van der Waals surface area contributed by atoms with Crippen molar-refractivity contribution in [1.82, 2.24) is 0 Å². The van der Waals surface area contributed by atoms with Gasteiger partial charge < -0.3 is 0 Å². The van der Waals surface area contributed by atoms with Gasteiger partial charge in [0, 0.05) is 31.6 Å². The van der Waals surface area contributed by atoms with Gasteiger partial charge >= 0.3 is 0 Å². The van der Waals surface area contributed by atoms with E-state index < -0.39 is 8.07 Å². The molecule has 0 saturated carbocycles. The molecule has 3 heteroatoms. The van der Waals surface area contributed by atoms with Crippen molar-refractivity contribution in [2.75, 3.05) is 0 Å². The number of nitrogens with zero attached hydrogens (tertiary/aromatic N) is 1. The van der Waals surface area contributed by atoms with Crippen LogP contribution in [0.1, 0.15) is 5.56 Å². The summed E-state index contributed by atoms with van der Waals surface area (Å²) in [6.07, 6.45) is 2.27. The first kappa shape index (κ1) is 18.5. The molecule has 0 atom stereocenters. The van der Waals surface area contributed by atoms with Crippen LogP contribution in [0.4, 0.5) is 0 Å². The van der Waals surface area contributed by atoms with Crippen LogP contribution in [0.2, 0.25) is 13.1 Å². The van der Waals surface area contributed by atoms with E-state index >= 15 is 0 Å². The highest BCUT2D eigenvalue weighted by atomic mass is 32.1. The average Bonchev–Trinajstić information content (AvgIpc) is 3.17. The van der Waals surface area contributed by atoms with Crippen molar-refractivity contribution >= 4 is 71.5 Å². The highest BCUT2D eigenvalue weighted by molar-refractivity contribution is 7.26. The molecule has 0 fully saturated rings. The van der Waals surface area contributed by atoms with Crippen molar-refractivity contribution < 1.29 is 4.57 Å². The van der Waals surface area contributed by atoms with E-state index in [-0.39, 0.29) is 0 Å². The number of rotatable bonds is 0. The van der Waals surface area contributed by atoms with Gasteiger partial charge in [-0.2, -0.15) is 0 Å². The Morgan fingerprint density at radius 2 is 1.53 bits per heavy atom. The maximum Gasteiger partial charge on any atom is 0.220 e. The second kappa shape index (κ2) is 6.06. The Bertz CT molecular complexity index is 1770. The first-order valence-electron chi connectivity index (χ1n) is 11.3. The highest BCUT2D eigenvalue weighted by Crippen LogP contribution is 2.42. The lowest BCUT2D eigenvalue weighted by atomic mass is 9.93. The van der Waals surface area contributed by atoms with E-state index in [1.165, 1.54) is 58.5 Å². The third-order valence-electron chi connectivity index (χ3n) is 7.65. The Kier molecular flexibility index (Phi) is 3.51. The molecule has 6 aromatic rings. The summed E-state index contributed by atoms with van der Waals surface area (Å²) in [5.74, 6) is 0. The Balaban J connectivity index is 1.77. The summed E-state index contributed by atoms with van der Waals surface area (Å²) in [7, 11) is 0.294. The molecule has 0 radical (unpaired) electrons. The number of thiophene rings is 1. The fourth-order valence-corrected chi connectivity index (χ4v) is 10.3. The number of fused-ring (bicyclic) bond motifs is 7. The molecular formula is C29H24NSSi+. The number of hydrogen-bond acceptors (Lipinski definition) is 1. The summed E-state index contributed by atoms with van der Waals surface area (Å²) >= 11 is 1.94. The molecule has 0 N–H and O–H groups in total. The lowest BCUT2D eigenvalue weighted by Crippen LogP contribution is -2.57. The molecular weight excluding hydrogens is 422 g/mol. The summed E-state index contributed by atoms with van der Waals surface area (Å²) < 4.78 is 5.17. The predicted molar refractivity (Wildman–Crippen MR) is 142 cm³/mol. The summed E-state index contributed by atoms with van der Waals surface area (Å²) in [5.41, 5.74) is 4.28. The number of benzene rings is 4. The van der Waals surface area contributed by atoms with Gasteiger partial charge in [0.05, 0.1) is 10.9 Å². The molecule has 2 aromatic heterocycles. The van der Waals surface area contributed by atoms with Crippen molar-refractivity contribution in [3.8, 4) is 11.3 Å². The standard InChI is InChI=1S/C29H24NSSi/c1-17-19-10-6-5-9-18(19)15-24-26(17)28-27-21(13-14-30(28)2)29-22(16-25(27)32(24,3)4)20-11-7-8-12-23(20)31-29/h5-16H,1-4H3/q+1. The minimum Gasteiger partial charge on any atom is -0.200 e. The van der Waals surface area contributed by atoms with Gasteiger partial charge in [-0.15, -0.1) is 11.3 Å². The third-order valence-corrected chi connectivity index (χ3v) is 12.4.